The van der Waals surface area contributed by atoms with Gasteiger partial charge in [0.2, 0.25) is 6.43 Å². The molecule has 0 amide bonds. The number of alkyl halides is 2. The molecular formula is C7H13F2NO. The van der Waals surface area contributed by atoms with Crippen LogP contribution in [-0.4, -0.2) is 25.7 Å². The van der Waals surface area contributed by atoms with Gasteiger partial charge in [0.05, 0.1) is 12.0 Å². The van der Waals surface area contributed by atoms with E-state index in [9.17, 15) is 8.78 Å². The molecule has 0 aromatic carbocycles. The summed E-state index contributed by atoms with van der Waals surface area (Å²) in [6, 6.07) is 0. The van der Waals surface area contributed by atoms with Crippen LogP contribution in [0.15, 0.2) is 0 Å². The molecule has 1 fully saturated rings. The molecule has 1 saturated heterocycles. The van der Waals surface area contributed by atoms with Crippen molar-refractivity contribution in [1.29, 1.82) is 0 Å². The molecule has 66 valence electrons. The molecule has 4 heteroatoms. The van der Waals surface area contributed by atoms with Crippen LogP contribution in [0.1, 0.15) is 12.8 Å². The zero-order valence-electron chi connectivity index (χ0n) is 6.30. The molecule has 0 saturated carbocycles. The number of rotatable bonds is 3. The van der Waals surface area contributed by atoms with Crippen LogP contribution in [0.5, 0.6) is 0 Å². The van der Waals surface area contributed by atoms with Crippen LogP contribution < -0.4 is 5.73 Å². The quantitative estimate of drug-likeness (QED) is 0.677. The van der Waals surface area contributed by atoms with E-state index in [0.717, 1.165) is 12.8 Å². The second kappa shape index (κ2) is 3.97. The van der Waals surface area contributed by atoms with Crippen LogP contribution in [0.4, 0.5) is 8.78 Å². The third-order valence-corrected chi connectivity index (χ3v) is 2.04. The van der Waals surface area contributed by atoms with Crippen LogP contribution in [0.2, 0.25) is 0 Å². The van der Waals surface area contributed by atoms with E-state index >= 15 is 0 Å². The Bertz CT molecular complexity index is 115. The fourth-order valence-electron chi connectivity index (χ4n) is 1.36. The fourth-order valence-corrected chi connectivity index (χ4v) is 1.36. The van der Waals surface area contributed by atoms with E-state index in [1.54, 1.807) is 0 Å². The van der Waals surface area contributed by atoms with Gasteiger partial charge in [-0.25, -0.2) is 8.78 Å². The third kappa shape index (κ3) is 2.10. The van der Waals surface area contributed by atoms with E-state index in [1.165, 1.54) is 0 Å². The number of hydrogen-bond donors (Lipinski definition) is 1. The second-order valence-corrected chi connectivity index (χ2v) is 2.79. The monoisotopic (exact) mass is 165 g/mol. The van der Waals surface area contributed by atoms with Gasteiger partial charge in [-0.05, 0) is 12.8 Å². The number of ether oxygens (including phenoxy) is 1. The highest BCUT2D eigenvalue weighted by atomic mass is 19.3. The van der Waals surface area contributed by atoms with Crippen molar-refractivity contribution in [1.82, 2.24) is 0 Å². The van der Waals surface area contributed by atoms with Crippen molar-refractivity contribution in [3.05, 3.63) is 0 Å². The van der Waals surface area contributed by atoms with Crippen molar-refractivity contribution < 1.29 is 13.5 Å². The average Bonchev–Trinajstić information content (AvgIpc) is 2.40. The molecule has 0 spiro atoms. The summed E-state index contributed by atoms with van der Waals surface area (Å²) in [5, 5.41) is 0. The van der Waals surface area contributed by atoms with Crippen molar-refractivity contribution in [3.63, 3.8) is 0 Å². The highest BCUT2D eigenvalue weighted by molar-refractivity contribution is 4.76. The normalized spacial score (nSPS) is 27.8. The Hall–Kier alpha value is -0.220. The Balaban J connectivity index is 2.40. The van der Waals surface area contributed by atoms with Gasteiger partial charge in [0.15, 0.2) is 0 Å². The zero-order chi connectivity index (χ0) is 8.27. The van der Waals surface area contributed by atoms with Gasteiger partial charge < -0.3 is 10.5 Å². The first-order chi connectivity index (χ1) is 5.25. The molecule has 2 nitrogen and oxygen atoms in total. The van der Waals surface area contributed by atoms with Crippen LogP contribution in [0.25, 0.3) is 0 Å². The van der Waals surface area contributed by atoms with Crippen LogP contribution in [0, 0.1) is 5.92 Å². The first-order valence-corrected chi connectivity index (χ1v) is 3.85. The fraction of sp³-hybridized carbons (Fsp3) is 1.00. The van der Waals surface area contributed by atoms with Gasteiger partial charge >= 0.3 is 0 Å². The standard InChI is InChI=1S/C7H13F2NO/c8-7(9)5(4-10)6-2-1-3-11-6/h5-7H,1-4,10H2. The Morgan fingerprint density at radius 2 is 2.27 bits per heavy atom. The minimum Gasteiger partial charge on any atom is -0.378 e. The number of nitrogens with two attached hydrogens (primary N) is 1. The average molecular weight is 165 g/mol. The molecule has 1 aliphatic rings. The smallest absolute Gasteiger partial charge is 0.245 e. The molecule has 1 heterocycles. The lowest BCUT2D eigenvalue weighted by Gasteiger charge is -2.19. The van der Waals surface area contributed by atoms with E-state index < -0.39 is 12.3 Å². The van der Waals surface area contributed by atoms with E-state index in [0.29, 0.717) is 6.61 Å². The lowest BCUT2D eigenvalue weighted by Crippen LogP contribution is -2.33. The Labute approximate surface area is 64.7 Å². The molecule has 2 unspecified atom stereocenters. The Morgan fingerprint density at radius 3 is 2.64 bits per heavy atom. The van der Waals surface area contributed by atoms with Crippen molar-refractivity contribution in [3.8, 4) is 0 Å². The van der Waals surface area contributed by atoms with Gasteiger partial charge in [0.1, 0.15) is 0 Å². The lowest BCUT2D eigenvalue weighted by molar-refractivity contribution is -0.0174. The summed E-state index contributed by atoms with van der Waals surface area (Å²) < 4.78 is 29.5. The van der Waals surface area contributed by atoms with Crippen molar-refractivity contribution in [2.75, 3.05) is 13.2 Å². The molecule has 0 radical (unpaired) electrons. The molecule has 0 bridgehead atoms. The summed E-state index contributed by atoms with van der Waals surface area (Å²) in [4.78, 5) is 0. The molecule has 0 aliphatic carbocycles. The minimum atomic E-state index is -2.34. The minimum absolute atomic E-state index is 0.0162. The first kappa shape index (κ1) is 8.87. The third-order valence-electron chi connectivity index (χ3n) is 2.04. The van der Waals surface area contributed by atoms with Gasteiger partial charge in [-0.3, -0.25) is 0 Å². The summed E-state index contributed by atoms with van der Waals surface area (Å²) in [5.41, 5.74) is 5.19. The maximum absolute atomic E-state index is 12.2. The predicted molar refractivity (Wildman–Crippen MR) is 37.5 cm³/mol. The number of hydrogen-bond acceptors (Lipinski definition) is 2. The van der Waals surface area contributed by atoms with Crippen molar-refractivity contribution in [2.45, 2.75) is 25.4 Å². The molecule has 0 aromatic heterocycles. The highest BCUT2D eigenvalue weighted by Gasteiger charge is 2.31. The molecule has 0 aromatic rings. The molecule has 2 atom stereocenters. The van der Waals surface area contributed by atoms with E-state index in [2.05, 4.69) is 0 Å². The van der Waals surface area contributed by atoms with Gasteiger partial charge in [-0.15, -0.1) is 0 Å². The predicted octanol–water partition coefficient (Wildman–Crippen LogP) is 1.01. The summed E-state index contributed by atoms with van der Waals surface area (Å²) in [5.74, 6) is -0.766. The van der Waals surface area contributed by atoms with Gasteiger partial charge in [0, 0.05) is 13.2 Å². The SMILES string of the molecule is NCC(C(F)F)C1CCCO1. The first-order valence-electron chi connectivity index (χ1n) is 3.85. The molecule has 1 rings (SSSR count). The van der Waals surface area contributed by atoms with Crippen molar-refractivity contribution in [2.24, 2.45) is 11.7 Å². The van der Waals surface area contributed by atoms with Gasteiger partial charge in [-0.1, -0.05) is 0 Å². The van der Waals surface area contributed by atoms with Gasteiger partial charge in [-0.2, -0.15) is 0 Å². The Morgan fingerprint density at radius 1 is 1.55 bits per heavy atom. The van der Waals surface area contributed by atoms with E-state index in [4.69, 9.17) is 10.5 Å². The summed E-state index contributed by atoms with van der Waals surface area (Å²) in [7, 11) is 0. The summed E-state index contributed by atoms with van der Waals surface area (Å²) >= 11 is 0. The molecule has 1 aliphatic heterocycles. The maximum atomic E-state index is 12.2. The van der Waals surface area contributed by atoms with Crippen molar-refractivity contribution >= 4 is 0 Å². The van der Waals surface area contributed by atoms with E-state index in [-0.39, 0.29) is 12.6 Å². The summed E-state index contributed by atoms with van der Waals surface area (Å²) in [6.45, 7) is 0.621. The van der Waals surface area contributed by atoms with E-state index in [1.807, 2.05) is 0 Å². The van der Waals surface area contributed by atoms with Crippen LogP contribution in [0.3, 0.4) is 0 Å². The largest absolute Gasteiger partial charge is 0.378 e. The Kier molecular flexibility index (Phi) is 3.20. The summed E-state index contributed by atoms with van der Waals surface area (Å²) in [6.07, 6.45) is -1.04. The maximum Gasteiger partial charge on any atom is 0.245 e. The molecular weight excluding hydrogens is 152 g/mol. The van der Waals surface area contributed by atoms with Gasteiger partial charge in [0.25, 0.3) is 0 Å². The van der Waals surface area contributed by atoms with Crippen LogP contribution >= 0.6 is 0 Å². The van der Waals surface area contributed by atoms with Crippen LogP contribution in [-0.2, 0) is 4.74 Å². The zero-order valence-corrected chi connectivity index (χ0v) is 6.30. The molecule has 2 N–H and O–H groups in total. The molecule has 11 heavy (non-hydrogen) atoms. The topological polar surface area (TPSA) is 35.2 Å². The second-order valence-electron chi connectivity index (χ2n) is 2.79. The number of halogens is 2. The lowest BCUT2D eigenvalue weighted by atomic mass is 10.0. The highest BCUT2D eigenvalue weighted by Crippen LogP contribution is 2.24.